The molecular formula is C19H17N5O2S. The number of hydrazone groups is 1. The molecule has 0 fully saturated rings. The summed E-state index contributed by atoms with van der Waals surface area (Å²) in [4.78, 5) is 24.2. The van der Waals surface area contributed by atoms with Crippen LogP contribution in [0.5, 0.6) is 0 Å². The largest absolute Gasteiger partial charge is 0.296 e. The maximum atomic E-state index is 12.3. The quantitative estimate of drug-likeness (QED) is 0.508. The van der Waals surface area contributed by atoms with E-state index in [9.17, 15) is 9.59 Å². The zero-order valence-corrected chi connectivity index (χ0v) is 15.4. The lowest BCUT2D eigenvalue weighted by molar-refractivity contribution is -0.120. The predicted molar refractivity (Wildman–Crippen MR) is 105 cm³/mol. The molecule has 1 aromatic heterocycles. The van der Waals surface area contributed by atoms with Crippen LogP contribution < -0.4 is 10.7 Å². The fraction of sp³-hybridized carbons (Fsp3) is 0.105. The summed E-state index contributed by atoms with van der Waals surface area (Å²) in [6, 6.07) is 16.7. The number of nitrogens with one attached hydrogen (secondary N) is 2. The maximum Gasteiger partial charge on any atom is 0.257 e. The van der Waals surface area contributed by atoms with Crippen LogP contribution in [0.25, 0.3) is 0 Å². The highest BCUT2D eigenvalue weighted by Gasteiger charge is 2.13. The molecule has 1 heterocycles. The van der Waals surface area contributed by atoms with Crippen molar-refractivity contribution in [1.82, 2.24) is 15.6 Å². The van der Waals surface area contributed by atoms with Crippen LogP contribution in [0.4, 0.5) is 5.13 Å². The normalized spacial score (nSPS) is 10.7. The van der Waals surface area contributed by atoms with Gasteiger partial charge in [0.1, 0.15) is 5.01 Å². The minimum atomic E-state index is -0.310. The molecule has 2 aromatic carbocycles. The number of hydrogen-bond donors (Lipinski definition) is 2. The molecule has 0 unspecified atom stereocenters. The monoisotopic (exact) mass is 379 g/mol. The summed E-state index contributed by atoms with van der Waals surface area (Å²) in [7, 11) is 0. The van der Waals surface area contributed by atoms with Gasteiger partial charge in [-0.3, -0.25) is 14.9 Å². The lowest BCUT2D eigenvalue weighted by Gasteiger charge is -2.03. The van der Waals surface area contributed by atoms with E-state index < -0.39 is 0 Å². The van der Waals surface area contributed by atoms with Crippen LogP contribution in [-0.4, -0.2) is 28.2 Å². The molecular weight excluding hydrogens is 362 g/mol. The van der Waals surface area contributed by atoms with Crippen LogP contribution in [0, 0.1) is 6.92 Å². The van der Waals surface area contributed by atoms with Crippen LogP contribution >= 0.6 is 11.3 Å². The summed E-state index contributed by atoms with van der Waals surface area (Å²) in [5.74, 6) is -0.567. The summed E-state index contributed by atoms with van der Waals surface area (Å²) >= 11 is 1.15. The van der Waals surface area contributed by atoms with Crippen LogP contribution in [0.15, 0.2) is 59.7 Å². The fourth-order valence-electron chi connectivity index (χ4n) is 2.26. The third-order valence-electron chi connectivity index (χ3n) is 3.59. The van der Waals surface area contributed by atoms with Gasteiger partial charge in [0.15, 0.2) is 0 Å². The van der Waals surface area contributed by atoms with E-state index in [-0.39, 0.29) is 18.2 Å². The second-order valence-electron chi connectivity index (χ2n) is 5.65. The SMILES string of the molecule is Cc1ccccc1C(=O)Nc1nnc(CC(=O)N/N=C\c2ccccc2)s1. The highest BCUT2D eigenvalue weighted by atomic mass is 32.1. The van der Waals surface area contributed by atoms with Gasteiger partial charge in [-0.2, -0.15) is 5.10 Å². The fourth-order valence-corrected chi connectivity index (χ4v) is 3.00. The van der Waals surface area contributed by atoms with E-state index in [4.69, 9.17) is 0 Å². The second-order valence-corrected chi connectivity index (χ2v) is 6.71. The molecule has 2 amide bonds. The summed E-state index contributed by atoms with van der Waals surface area (Å²) < 4.78 is 0. The van der Waals surface area contributed by atoms with Crippen molar-refractivity contribution in [2.24, 2.45) is 5.10 Å². The number of carbonyl (C=O) groups is 2. The predicted octanol–water partition coefficient (Wildman–Crippen LogP) is 2.79. The molecule has 0 aliphatic carbocycles. The highest BCUT2D eigenvalue weighted by Crippen LogP contribution is 2.17. The first-order valence-electron chi connectivity index (χ1n) is 8.18. The Morgan fingerprint density at radius 1 is 1.07 bits per heavy atom. The van der Waals surface area contributed by atoms with Gasteiger partial charge >= 0.3 is 0 Å². The van der Waals surface area contributed by atoms with E-state index >= 15 is 0 Å². The molecule has 0 aliphatic heterocycles. The molecule has 3 rings (SSSR count). The van der Waals surface area contributed by atoms with Gasteiger partial charge in [-0.1, -0.05) is 59.9 Å². The Labute approximate surface area is 160 Å². The van der Waals surface area contributed by atoms with Crippen molar-refractivity contribution in [2.45, 2.75) is 13.3 Å². The van der Waals surface area contributed by atoms with Gasteiger partial charge in [-0.25, -0.2) is 5.43 Å². The Bertz CT molecular complexity index is 969. The van der Waals surface area contributed by atoms with E-state index in [0.29, 0.717) is 15.7 Å². The van der Waals surface area contributed by atoms with Crippen molar-refractivity contribution in [1.29, 1.82) is 0 Å². The smallest absolute Gasteiger partial charge is 0.257 e. The zero-order chi connectivity index (χ0) is 19.1. The van der Waals surface area contributed by atoms with Crippen LogP contribution in [0.1, 0.15) is 26.5 Å². The first kappa shape index (κ1) is 18.4. The number of aryl methyl sites for hydroxylation is 1. The molecule has 3 aromatic rings. The Morgan fingerprint density at radius 3 is 2.59 bits per heavy atom. The van der Waals surface area contributed by atoms with Crippen LogP contribution in [0.3, 0.4) is 0 Å². The van der Waals surface area contributed by atoms with Crippen molar-refractivity contribution in [3.05, 3.63) is 76.3 Å². The number of rotatable bonds is 6. The Hall–Kier alpha value is -3.39. The molecule has 0 saturated heterocycles. The van der Waals surface area contributed by atoms with Crippen LogP contribution in [0.2, 0.25) is 0 Å². The minimum absolute atomic E-state index is 0.0318. The topological polar surface area (TPSA) is 96.3 Å². The third kappa shape index (κ3) is 5.29. The molecule has 0 spiro atoms. The summed E-state index contributed by atoms with van der Waals surface area (Å²) in [5.41, 5.74) is 4.77. The molecule has 0 saturated carbocycles. The first-order chi connectivity index (χ1) is 13.1. The summed E-state index contributed by atoms with van der Waals surface area (Å²) in [6.45, 7) is 1.86. The lowest BCUT2D eigenvalue weighted by Crippen LogP contribution is -2.19. The number of carbonyl (C=O) groups excluding carboxylic acids is 2. The molecule has 2 N–H and O–H groups in total. The van der Waals surface area contributed by atoms with Crippen molar-refractivity contribution in [2.75, 3.05) is 5.32 Å². The maximum absolute atomic E-state index is 12.3. The molecule has 136 valence electrons. The van der Waals surface area contributed by atoms with Gasteiger partial charge in [0, 0.05) is 5.56 Å². The van der Waals surface area contributed by atoms with Gasteiger partial charge in [0.05, 0.1) is 12.6 Å². The Balaban J connectivity index is 1.53. The average Bonchev–Trinajstić information content (AvgIpc) is 3.09. The summed E-state index contributed by atoms with van der Waals surface area (Å²) in [5, 5.41) is 15.3. The van der Waals surface area contributed by atoms with Gasteiger partial charge in [0.25, 0.3) is 5.91 Å². The average molecular weight is 379 g/mol. The lowest BCUT2D eigenvalue weighted by atomic mass is 10.1. The summed E-state index contributed by atoms with van der Waals surface area (Å²) in [6.07, 6.45) is 1.59. The number of hydrogen-bond acceptors (Lipinski definition) is 6. The van der Waals surface area contributed by atoms with Gasteiger partial charge in [-0.15, -0.1) is 10.2 Å². The molecule has 7 nitrogen and oxygen atoms in total. The second kappa shape index (κ2) is 8.81. The van der Waals surface area contributed by atoms with E-state index in [1.54, 1.807) is 18.3 Å². The minimum Gasteiger partial charge on any atom is -0.296 e. The van der Waals surface area contributed by atoms with Gasteiger partial charge < -0.3 is 0 Å². The number of aromatic nitrogens is 2. The molecule has 27 heavy (non-hydrogen) atoms. The number of anilines is 1. The van der Waals surface area contributed by atoms with E-state index in [1.165, 1.54) is 0 Å². The van der Waals surface area contributed by atoms with Crippen molar-refractivity contribution in [3.63, 3.8) is 0 Å². The Morgan fingerprint density at radius 2 is 1.81 bits per heavy atom. The van der Waals surface area contributed by atoms with Gasteiger partial charge in [-0.05, 0) is 24.1 Å². The molecule has 8 heteroatoms. The first-order valence-corrected chi connectivity index (χ1v) is 9.00. The Kier molecular flexibility index (Phi) is 6.01. The molecule has 0 bridgehead atoms. The number of amides is 2. The standard InChI is InChI=1S/C19H17N5O2S/c1-13-7-5-6-10-15(13)18(26)21-19-24-23-17(27-19)11-16(25)22-20-12-14-8-3-2-4-9-14/h2-10,12H,11H2,1H3,(H,22,25)(H,21,24,26)/b20-12-. The van der Waals surface area contributed by atoms with Crippen molar-refractivity contribution < 1.29 is 9.59 Å². The highest BCUT2D eigenvalue weighted by molar-refractivity contribution is 7.15. The van der Waals surface area contributed by atoms with Crippen molar-refractivity contribution >= 4 is 34.5 Å². The third-order valence-corrected chi connectivity index (χ3v) is 4.43. The number of nitrogens with zero attached hydrogens (tertiary/aromatic N) is 3. The molecule has 0 aliphatic rings. The van der Waals surface area contributed by atoms with Crippen LogP contribution in [-0.2, 0) is 11.2 Å². The van der Waals surface area contributed by atoms with Crippen molar-refractivity contribution in [3.8, 4) is 0 Å². The van der Waals surface area contributed by atoms with Gasteiger partial charge in [0.2, 0.25) is 11.0 Å². The molecule has 0 radical (unpaired) electrons. The van der Waals surface area contributed by atoms with E-state index in [1.807, 2.05) is 49.4 Å². The zero-order valence-electron chi connectivity index (χ0n) is 14.5. The number of benzene rings is 2. The van der Waals surface area contributed by atoms with E-state index in [0.717, 1.165) is 22.5 Å². The molecule has 0 atom stereocenters. The van der Waals surface area contributed by atoms with E-state index in [2.05, 4.69) is 26.0 Å².